The number of amides is 2. The summed E-state index contributed by atoms with van der Waals surface area (Å²) in [6.07, 6.45) is 0. The number of carbonyl (C=O) groups is 1. The molecule has 110 valence electrons. The quantitative estimate of drug-likeness (QED) is 0.832. The molecule has 2 rings (SSSR count). The smallest absolute Gasteiger partial charge is 0.319 e. The number of rotatable bonds is 5. The van der Waals surface area contributed by atoms with Crippen molar-refractivity contribution in [2.45, 2.75) is 0 Å². The summed E-state index contributed by atoms with van der Waals surface area (Å²) >= 11 is 0. The summed E-state index contributed by atoms with van der Waals surface area (Å²) < 4.78 is 30.8. The molecule has 0 spiro atoms. The van der Waals surface area contributed by atoms with Crippen molar-refractivity contribution in [1.82, 2.24) is 5.32 Å². The van der Waals surface area contributed by atoms with Crippen LogP contribution in [0.1, 0.15) is 0 Å². The Morgan fingerprint density at radius 1 is 1.05 bits per heavy atom. The van der Waals surface area contributed by atoms with E-state index in [9.17, 15) is 13.6 Å². The van der Waals surface area contributed by atoms with E-state index in [4.69, 9.17) is 4.74 Å². The molecule has 0 bridgehead atoms. The fourth-order valence-electron chi connectivity index (χ4n) is 1.60. The lowest BCUT2D eigenvalue weighted by atomic mass is 10.3. The number of urea groups is 1. The molecule has 2 amide bonds. The molecule has 21 heavy (non-hydrogen) atoms. The van der Waals surface area contributed by atoms with Crippen LogP contribution in [0.25, 0.3) is 0 Å². The third-order valence-electron chi connectivity index (χ3n) is 2.58. The Labute approximate surface area is 120 Å². The summed E-state index contributed by atoms with van der Waals surface area (Å²) in [6, 6.07) is 11.9. The van der Waals surface area contributed by atoms with Crippen molar-refractivity contribution >= 4 is 11.7 Å². The highest BCUT2D eigenvalue weighted by Crippen LogP contribution is 2.14. The van der Waals surface area contributed by atoms with Crippen molar-refractivity contribution in [3.05, 3.63) is 60.2 Å². The van der Waals surface area contributed by atoms with E-state index in [0.717, 1.165) is 12.1 Å². The molecule has 0 atom stereocenters. The van der Waals surface area contributed by atoms with Crippen LogP contribution in [0.4, 0.5) is 19.3 Å². The van der Waals surface area contributed by atoms with E-state index in [1.54, 1.807) is 12.1 Å². The van der Waals surface area contributed by atoms with Crippen LogP contribution in [0.3, 0.4) is 0 Å². The second-order valence-electron chi connectivity index (χ2n) is 4.17. The molecule has 0 saturated carbocycles. The van der Waals surface area contributed by atoms with Crippen molar-refractivity contribution < 1.29 is 18.3 Å². The molecule has 0 saturated heterocycles. The summed E-state index contributed by atoms with van der Waals surface area (Å²) in [5, 5.41) is 5.23. The minimum Gasteiger partial charge on any atom is -0.492 e. The second kappa shape index (κ2) is 7.23. The van der Waals surface area contributed by atoms with Gasteiger partial charge in [0.1, 0.15) is 12.4 Å². The maximum absolute atomic E-state index is 12.9. The fraction of sp³-hybridized carbons (Fsp3) is 0.133. The molecule has 4 nitrogen and oxygen atoms in total. The zero-order chi connectivity index (χ0) is 15.1. The third-order valence-corrected chi connectivity index (χ3v) is 2.58. The van der Waals surface area contributed by atoms with E-state index in [-0.39, 0.29) is 24.9 Å². The van der Waals surface area contributed by atoms with Gasteiger partial charge in [-0.1, -0.05) is 18.2 Å². The van der Waals surface area contributed by atoms with E-state index in [1.807, 2.05) is 18.2 Å². The van der Waals surface area contributed by atoms with E-state index in [1.165, 1.54) is 6.07 Å². The maximum Gasteiger partial charge on any atom is 0.319 e. The maximum atomic E-state index is 12.9. The van der Waals surface area contributed by atoms with Crippen LogP contribution in [0.15, 0.2) is 48.5 Å². The van der Waals surface area contributed by atoms with Gasteiger partial charge in [-0.25, -0.2) is 13.6 Å². The Hall–Kier alpha value is -2.63. The molecule has 0 radical (unpaired) electrons. The van der Waals surface area contributed by atoms with Gasteiger partial charge in [0, 0.05) is 11.8 Å². The molecule has 0 unspecified atom stereocenters. The Bertz CT molecular complexity index is 606. The fourth-order valence-corrected chi connectivity index (χ4v) is 1.60. The van der Waals surface area contributed by atoms with E-state index >= 15 is 0 Å². The highest BCUT2D eigenvalue weighted by atomic mass is 19.2. The van der Waals surface area contributed by atoms with Crippen LogP contribution >= 0.6 is 0 Å². The highest BCUT2D eigenvalue weighted by molar-refractivity contribution is 5.89. The summed E-state index contributed by atoms with van der Waals surface area (Å²) in [5.41, 5.74) is 0.677. The molecule has 2 aromatic carbocycles. The summed E-state index contributed by atoms with van der Waals surface area (Å²) in [5.74, 6) is -1.69. The Kier molecular flexibility index (Phi) is 5.09. The lowest BCUT2D eigenvalue weighted by Crippen LogP contribution is -2.32. The van der Waals surface area contributed by atoms with Crippen LogP contribution < -0.4 is 15.4 Å². The van der Waals surface area contributed by atoms with E-state index < -0.39 is 11.6 Å². The van der Waals surface area contributed by atoms with Gasteiger partial charge >= 0.3 is 6.03 Å². The first-order valence-corrected chi connectivity index (χ1v) is 6.33. The Morgan fingerprint density at radius 2 is 1.81 bits per heavy atom. The molecule has 0 aliphatic carbocycles. The van der Waals surface area contributed by atoms with Gasteiger partial charge in [-0.05, 0) is 24.3 Å². The summed E-state index contributed by atoms with van der Waals surface area (Å²) in [7, 11) is 0. The molecular weight excluding hydrogens is 278 g/mol. The van der Waals surface area contributed by atoms with Crippen LogP contribution in [0.2, 0.25) is 0 Å². The van der Waals surface area contributed by atoms with Crippen molar-refractivity contribution in [3.63, 3.8) is 0 Å². The molecule has 2 N–H and O–H groups in total. The molecule has 0 aromatic heterocycles. The summed E-state index contributed by atoms with van der Waals surface area (Å²) in [6.45, 7) is 0.380. The monoisotopic (exact) mass is 292 g/mol. The van der Waals surface area contributed by atoms with Gasteiger partial charge in [0.25, 0.3) is 0 Å². The number of hydrogen-bond acceptors (Lipinski definition) is 2. The molecule has 0 aliphatic rings. The number of anilines is 1. The SMILES string of the molecule is O=C(NCCOc1ccc(F)c(F)c1)Nc1ccccc1. The van der Waals surface area contributed by atoms with E-state index in [2.05, 4.69) is 10.6 Å². The number of para-hydroxylation sites is 1. The zero-order valence-corrected chi connectivity index (χ0v) is 11.1. The molecule has 6 heteroatoms. The van der Waals surface area contributed by atoms with Gasteiger partial charge in [0.2, 0.25) is 0 Å². The predicted octanol–water partition coefficient (Wildman–Crippen LogP) is 3.17. The average molecular weight is 292 g/mol. The molecular formula is C15H14F2N2O2. The lowest BCUT2D eigenvalue weighted by molar-refractivity contribution is 0.247. The first-order chi connectivity index (χ1) is 10.1. The topological polar surface area (TPSA) is 50.4 Å². The van der Waals surface area contributed by atoms with E-state index in [0.29, 0.717) is 5.69 Å². The van der Waals surface area contributed by atoms with Gasteiger partial charge in [-0.3, -0.25) is 0 Å². The number of halogens is 2. The third kappa shape index (κ3) is 4.76. The predicted molar refractivity (Wildman–Crippen MR) is 75.3 cm³/mol. The number of carbonyl (C=O) groups excluding carboxylic acids is 1. The minimum absolute atomic E-state index is 0.146. The Balaban J connectivity index is 1.69. The molecule has 0 aliphatic heterocycles. The molecule has 2 aromatic rings. The molecule has 0 fully saturated rings. The second-order valence-corrected chi connectivity index (χ2v) is 4.17. The standard InChI is InChI=1S/C15H14F2N2O2/c16-13-7-6-12(10-14(13)17)21-9-8-18-15(20)19-11-4-2-1-3-5-11/h1-7,10H,8-9H2,(H2,18,19,20). The number of ether oxygens (including phenoxy) is 1. The number of nitrogens with one attached hydrogen (secondary N) is 2. The summed E-state index contributed by atoms with van der Waals surface area (Å²) in [4.78, 5) is 11.5. The normalized spacial score (nSPS) is 10.0. The van der Waals surface area contributed by atoms with Crippen LogP contribution in [0, 0.1) is 11.6 Å². The Morgan fingerprint density at radius 3 is 2.52 bits per heavy atom. The zero-order valence-electron chi connectivity index (χ0n) is 11.1. The van der Waals surface area contributed by atoms with Crippen molar-refractivity contribution in [3.8, 4) is 5.75 Å². The van der Waals surface area contributed by atoms with Gasteiger partial charge in [0.15, 0.2) is 11.6 Å². The largest absolute Gasteiger partial charge is 0.492 e. The van der Waals surface area contributed by atoms with Crippen molar-refractivity contribution in [2.24, 2.45) is 0 Å². The van der Waals surface area contributed by atoms with Crippen LogP contribution in [-0.2, 0) is 0 Å². The van der Waals surface area contributed by atoms with Gasteiger partial charge in [-0.2, -0.15) is 0 Å². The van der Waals surface area contributed by atoms with Crippen molar-refractivity contribution in [1.29, 1.82) is 0 Å². The minimum atomic E-state index is -0.970. The number of benzene rings is 2. The van der Waals surface area contributed by atoms with Gasteiger partial charge < -0.3 is 15.4 Å². The lowest BCUT2D eigenvalue weighted by Gasteiger charge is -2.09. The average Bonchev–Trinajstić information content (AvgIpc) is 2.48. The number of hydrogen-bond donors (Lipinski definition) is 2. The first kappa shape index (κ1) is 14.8. The first-order valence-electron chi connectivity index (χ1n) is 6.33. The van der Waals surface area contributed by atoms with Crippen LogP contribution in [-0.4, -0.2) is 19.2 Å². The van der Waals surface area contributed by atoms with Crippen molar-refractivity contribution in [2.75, 3.05) is 18.5 Å². The molecule has 0 heterocycles. The van der Waals surface area contributed by atoms with Crippen LogP contribution in [0.5, 0.6) is 5.75 Å². The van der Waals surface area contributed by atoms with Gasteiger partial charge in [-0.15, -0.1) is 0 Å². The highest BCUT2D eigenvalue weighted by Gasteiger charge is 2.04. The van der Waals surface area contributed by atoms with Gasteiger partial charge in [0.05, 0.1) is 6.54 Å².